The van der Waals surface area contributed by atoms with Gasteiger partial charge in [0, 0.05) is 6.54 Å². The maximum absolute atomic E-state index is 11.7. The minimum Gasteiger partial charge on any atom is -0.465 e. The first-order valence-electron chi connectivity index (χ1n) is 7.61. The summed E-state index contributed by atoms with van der Waals surface area (Å²) >= 11 is 7.30. The number of benzene rings is 1. The van der Waals surface area contributed by atoms with Gasteiger partial charge in [0.15, 0.2) is 15.2 Å². The molecule has 0 saturated carbocycles. The van der Waals surface area contributed by atoms with Gasteiger partial charge in [0.1, 0.15) is 0 Å². The number of nitrogens with zero attached hydrogens (tertiary/aromatic N) is 3. The van der Waals surface area contributed by atoms with Gasteiger partial charge in [-0.15, -0.1) is 0 Å². The van der Waals surface area contributed by atoms with Crippen LogP contribution >= 0.6 is 22.9 Å². The van der Waals surface area contributed by atoms with Crippen LogP contribution in [0.25, 0.3) is 0 Å². The van der Waals surface area contributed by atoms with Gasteiger partial charge in [-0.05, 0) is 18.4 Å². The zero-order valence-corrected chi connectivity index (χ0v) is 14.7. The minimum atomic E-state index is -0.487. The summed E-state index contributed by atoms with van der Waals surface area (Å²) in [4.78, 5) is 18.5. The van der Waals surface area contributed by atoms with Crippen LogP contribution in [0.3, 0.4) is 0 Å². The monoisotopic (exact) mass is 361 g/mol. The highest BCUT2D eigenvalue weighted by Gasteiger charge is 2.35. The van der Waals surface area contributed by atoms with E-state index in [-0.39, 0.29) is 17.1 Å². The molecule has 0 bridgehead atoms. The molecule has 1 aliphatic heterocycles. The summed E-state index contributed by atoms with van der Waals surface area (Å²) in [6.45, 7) is 0.792. The second-order valence-corrected chi connectivity index (χ2v) is 6.86. The fraction of sp³-hybridized carbons (Fsp3) is 0.353. The first-order chi connectivity index (χ1) is 11.7. The van der Waals surface area contributed by atoms with Crippen molar-refractivity contribution in [2.24, 2.45) is 0 Å². The Balaban J connectivity index is 1.91. The third-order valence-corrected chi connectivity index (χ3v) is 5.63. The molecule has 0 amide bonds. The van der Waals surface area contributed by atoms with E-state index in [4.69, 9.17) is 16.3 Å². The standard InChI is InChI=1S/C17H16ClN3O2S/c1-23-16(22)14-15(18)20-17(24-14)21-9-5-8-13(21)12(10-19)11-6-3-2-4-7-11/h2-4,6-7,12-13H,5,8-9H2,1H3. The summed E-state index contributed by atoms with van der Waals surface area (Å²) in [5.41, 5.74) is 0.993. The molecule has 3 rings (SSSR count). The summed E-state index contributed by atoms with van der Waals surface area (Å²) in [5.74, 6) is -0.739. The largest absolute Gasteiger partial charge is 0.465 e. The predicted molar refractivity (Wildman–Crippen MR) is 93.6 cm³/mol. The lowest BCUT2D eigenvalue weighted by Gasteiger charge is -2.27. The Morgan fingerprint density at radius 1 is 1.50 bits per heavy atom. The van der Waals surface area contributed by atoms with Crippen molar-refractivity contribution in [3.05, 3.63) is 45.9 Å². The van der Waals surface area contributed by atoms with Crippen LogP contribution in [0.15, 0.2) is 30.3 Å². The number of carbonyl (C=O) groups is 1. The second-order valence-electron chi connectivity index (χ2n) is 5.53. The van der Waals surface area contributed by atoms with E-state index in [1.807, 2.05) is 30.3 Å². The molecule has 1 aliphatic rings. The molecule has 0 spiro atoms. The zero-order valence-electron chi connectivity index (χ0n) is 13.1. The number of thiazole rings is 1. The molecule has 2 aromatic rings. The summed E-state index contributed by atoms with van der Waals surface area (Å²) in [6, 6.07) is 12.2. The van der Waals surface area contributed by atoms with Crippen molar-refractivity contribution in [2.75, 3.05) is 18.6 Å². The molecule has 1 fully saturated rings. The number of hydrogen-bond acceptors (Lipinski definition) is 6. The average molecular weight is 362 g/mol. The Kier molecular flexibility index (Phi) is 5.03. The van der Waals surface area contributed by atoms with E-state index in [2.05, 4.69) is 16.0 Å². The van der Waals surface area contributed by atoms with Gasteiger partial charge in [0.2, 0.25) is 0 Å². The Morgan fingerprint density at radius 2 is 2.25 bits per heavy atom. The Hall–Kier alpha value is -2.10. The van der Waals surface area contributed by atoms with Crippen LogP contribution < -0.4 is 4.90 Å². The van der Waals surface area contributed by atoms with Crippen molar-refractivity contribution in [3.63, 3.8) is 0 Å². The van der Waals surface area contributed by atoms with Crippen LogP contribution in [0.5, 0.6) is 0 Å². The highest BCUT2D eigenvalue weighted by atomic mass is 35.5. The molecule has 0 aliphatic carbocycles. The quantitative estimate of drug-likeness (QED) is 0.773. The van der Waals surface area contributed by atoms with E-state index >= 15 is 0 Å². The average Bonchev–Trinajstić information content (AvgIpc) is 3.22. The predicted octanol–water partition coefficient (Wildman–Crippen LogP) is 3.86. The van der Waals surface area contributed by atoms with Crippen molar-refractivity contribution < 1.29 is 9.53 Å². The van der Waals surface area contributed by atoms with Gasteiger partial charge >= 0.3 is 5.97 Å². The topological polar surface area (TPSA) is 66.2 Å². The molecular weight excluding hydrogens is 346 g/mol. The lowest BCUT2D eigenvalue weighted by molar-refractivity contribution is 0.0606. The third-order valence-electron chi connectivity index (χ3n) is 4.17. The van der Waals surface area contributed by atoms with E-state index in [1.165, 1.54) is 18.4 Å². The number of carbonyl (C=O) groups excluding carboxylic acids is 1. The lowest BCUT2D eigenvalue weighted by Crippen LogP contribution is -2.34. The minimum absolute atomic E-state index is 0.0186. The van der Waals surface area contributed by atoms with Gasteiger partial charge in [-0.1, -0.05) is 53.3 Å². The first-order valence-corrected chi connectivity index (χ1v) is 8.81. The second kappa shape index (κ2) is 7.20. The van der Waals surface area contributed by atoms with E-state index in [9.17, 15) is 10.1 Å². The Morgan fingerprint density at radius 3 is 2.92 bits per heavy atom. The number of methoxy groups -OCH3 is 1. The molecule has 124 valence electrons. The van der Waals surface area contributed by atoms with Crippen LogP contribution in [-0.2, 0) is 4.74 Å². The van der Waals surface area contributed by atoms with Gasteiger partial charge < -0.3 is 9.64 Å². The molecule has 1 aromatic heterocycles. The fourth-order valence-corrected chi connectivity index (χ4v) is 4.34. The fourth-order valence-electron chi connectivity index (χ4n) is 3.05. The normalized spacial score (nSPS) is 18.2. The number of halogens is 1. The summed E-state index contributed by atoms with van der Waals surface area (Å²) in [5, 5.41) is 10.5. The van der Waals surface area contributed by atoms with Gasteiger partial charge in [-0.25, -0.2) is 9.78 Å². The molecule has 2 unspecified atom stereocenters. The number of anilines is 1. The van der Waals surface area contributed by atoms with E-state index in [1.54, 1.807) is 0 Å². The number of ether oxygens (including phenoxy) is 1. The molecule has 0 N–H and O–H groups in total. The number of aromatic nitrogens is 1. The van der Waals surface area contributed by atoms with Crippen molar-refractivity contribution in [3.8, 4) is 6.07 Å². The van der Waals surface area contributed by atoms with Gasteiger partial charge in [-0.2, -0.15) is 5.26 Å². The SMILES string of the molecule is COC(=O)c1sc(N2CCCC2C(C#N)c2ccccc2)nc1Cl. The van der Waals surface area contributed by atoms with Crippen molar-refractivity contribution in [1.29, 1.82) is 5.26 Å². The maximum atomic E-state index is 11.7. The number of nitriles is 1. The molecule has 0 radical (unpaired) electrons. The lowest BCUT2D eigenvalue weighted by atomic mass is 9.91. The molecule has 7 heteroatoms. The summed E-state index contributed by atoms with van der Waals surface area (Å²) < 4.78 is 4.73. The van der Waals surface area contributed by atoms with Gasteiger partial charge in [-0.3, -0.25) is 0 Å². The van der Waals surface area contributed by atoms with E-state index < -0.39 is 5.97 Å². The summed E-state index contributed by atoms with van der Waals surface area (Å²) in [7, 11) is 1.32. The van der Waals surface area contributed by atoms with Gasteiger partial charge in [0.25, 0.3) is 0 Å². The smallest absolute Gasteiger partial charge is 0.351 e. The third kappa shape index (κ3) is 3.10. The van der Waals surface area contributed by atoms with Crippen molar-refractivity contribution >= 4 is 34.0 Å². The Labute approximate surface area is 149 Å². The van der Waals surface area contributed by atoms with Gasteiger partial charge in [0.05, 0.1) is 25.1 Å². The molecule has 24 heavy (non-hydrogen) atoms. The molecule has 5 nitrogen and oxygen atoms in total. The van der Waals surface area contributed by atoms with Crippen LogP contribution in [-0.4, -0.2) is 30.6 Å². The molecule has 2 heterocycles. The molecule has 2 atom stereocenters. The number of hydrogen-bond donors (Lipinski definition) is 0. The zero-order chi connectivity index (χ0) is 17.1. The van der Waals surface area contributed by atoms with E-state index in [0.29, 0.717) is 10.0 Å². The molecular formula is C17H16ClN3O2S. The number of rotatable bonds is 4. The van der Waals surface area contributed by atoms with Crippen LogP contribution in [0.2, 0.25) is 5.15 Å². The maximum Gasteiger partial charge on any atom is 0.351 e. The van der Waals surface area contributed by atoms with Crippen LogP contribution in [0, 0.1) is 11.3 Å². The van der Waals surface area contributed by atoms with Crippen LogP contribution in [0.4, 0.5) is 5.13 Å². The molecule has 1 saturated heterocycles. The van der Waals surface area contributed by atoms with E-state index in [0.717, 1.165) is 24.9 Å². The Bertz CT molecular complexity index is 772. The van der Waals surface area contributed by atoms with Crippen molar-refractivity contribution in [2.45, 2.75) is 24.8 Å². The van der Waals surface area contributed by atoms with Crippen LogP contribution in [0.1, 0.15) is 34.0 Å². The molecule has 1 aromatic carbocycles. The summed E-state index contributed by atoms with van der Waals surface area (Å²) in [6.07, 6.45) is 1.87. The number of esters is 1. The first kappa shape index (κ1) is 16.7. The highest BCUT2D eigenvalue weighted by Crippen LogP contribution is 2.38. The van der Waals surface area contributed by atoms with Crippen molar-refractivity contribution in [1.82, 2.24) is 4.98 Å². The highest BCUT2D eigenvalue weighted by molar-refractivity contribution is 7.18.